The summed E-state index contributed by atoms with van der Waals surface area (Å²) in [4.78, 5) is 2.98. The summed E-state index contributed by atoms with van der Waals surface area (Å²) in [6.45, 7) is 2.14. The molecule has 1 aromatic heterocycles. The second-order valence-electron chi connectivity index (χ2n) is 4.56. The first-order valence-corrected chi connectivity index (χ1v) is 8.55. The van der Waals surface area contributed by atoms with Crippen LogP contribution in [0.25, 0.3) is 10.8 Å². The summed E-state index contributed by atoms with van der Waals surface area (Å²) >= 11 is 9.16. The van der Waals surface area contributed by atoms with Gasteiger partial charge in [0.15, 0.2) is 0 Å². The zero-order chi connectivity index (χ0) is 13.4. The quantitative estimate of drug-likeness (QED) is 0.437. The Bertz CT molecular complexity index is 730. The van der Waals surface area contributed by atoms with E-state index in [0.29, 0.717) is 0 Å². The van der Waals surface area contributed by atoms with Gasteiger partial charge in [-0.1, -0.05) is 50.1 Å². The van der Waals surface area contributed by atoms with Crippen LogP contribution in [0.3, 0.4) is 0 Å². The van der Waals surface area contributed by atoms with E-state index in [4.69, 9.17) is 0 Å². The van der Waals surface area contributed by atoms with Crippen molar-refractivity contribution in [3.05, 3.63) is 68.3 Å². The SMILES string of the molecule is Cc1ccc(C(Br)c2ccc3cc(Br)ccc3c2)s1. The molecule has 0 aliphatic rings. The molecule has 0 nitrogen and oxygen atoms in total. The first-order chi connectivity index (χ1) is 9.13. The van der Waals surface area contributed by atoms with Gasteiger partial charge in [-0.25, -0.2) is 0 Å². The van der Waals surface area contributed by atoms with E-state index < -0.39 is 0 Å². The normalized spacial score (nSPS) is 12.8. The van der Waals surface area contributed by atoms with Crippen molar-refractivity contribution in [2.75, 3.05) is 0 Å². The molecule has 3 rings (SSSR count). The molecule has 0 saturated heterocycles. The summed E-state index contributed by atoms with van der Waals surface area (Å²) < 4.78 is 1.12. The smallest absolute Gasteiger partial charge is 0.0738 e. The molecule has 0 amide bonds. The van der Waals surface area contributed by atoms with Crippen LogP contribution in [0.2, 0.25) is 0 Å². The first-order valence-electron chi connectivity index (χ1n) is 6.03. The fraction of sp³-hybridized carbons (Fsp3) is 0.125. The van der Waals surface area contributed by atoms with Gasteiger partial charge >= 0.3 is 0 Å². The lowest BCUT2D eigenvalue weighted by Gasteiger charge is -2.09. The highest BCUT2D eigenvalue weighted by Crippen LogP contribution is 2.36. The Balaban J connectivity index is 2.03. The van der Waals surface area contributed by atoms with Crippen LogP contribution in [0.1, 0.15) is 20.1 Å². The molecule has 0 fully saturated rings. The molecule has 0 spiro atoms. The molecule has 1 heterocycles. The molecule has 96 valence electrons. The Morgan fingerprint density at radius 3 is 2.42 bits per heavy atom. The fourth-order valence-corrected chi connectivity index (χ4v) is 4.13. The number of benzene rings is 2. The van der Waals surface area contributed by atoms with E-state index >= 15 is 0 Å². The number of hydrogen-bond acceptors (Lipinski definition) is 1. The average molecular weight is 396 g/mol. The second kappa shape index (κ2) is 5.39. The van der Waals surface area contributed by atoms with E-state index in [1.54, 1.807) is 0 Å². The minimum atomic E-state index is 0.277. The standard InChI is InChI=1S/C16H12Br2S/c1-10-2-7-15(19-10)16(18)13-4-3-12-9-14(17)6-5-11(12)8-13/h2-9,16H,1H3. The summed E-state index contributed by atoms with van der Waals surface area (Å²) in [6, 6.07) is 17.4. The molecule has 1 unspecified atom stereocenters. The summed E-state index contributed by atoms with van der Waals surface area (Å²) in [5.74, 6) is 0. The fourth-order valence-electron chi connectivity index (χ4n) is 2.15. The summed E-state index contributed by atoms with van der Waals surface area (Å²) in [7, 11) is 0. The highest BCUT2D eigenvalue weighted by molar-refractivity contribution is 9.10. The molecule has 0 saturated carbocycles. The van der Waals surface area contributed by atoms with Gasteiger partial charge in [-0.15, -0.1) is 11.3 Å². The highest BCUT2D eigenvalue weighted by atomic mass is 79.9. The highest BCUT2D eigenvalue weighted by Gasteiger charge is 2.12. The van der Waals surface area contributed by atoms with E-state index in [1.165, 1.54) is 26.1 Å². The number of aryl methyl sites for hydroxylation is 1. The molecule has 1 atom stereocenters. The van der Waals surface area contributed by atoms with Crippen LogP contribution in [-0.4, -0.2) is 0 Å². The van der Waals surface area contributed by atoms with Crippen molar-refractivity contribution in [3.8, 4) is 0 Å². The molecule has 0 N–H and O–H groups in total. The molecule has 0 aliphatic carbocycles. The van der Waals surface area contributed by atoms with Crippen molar-refractivity contribution in [2.24, 2.45) is 0 Å². The average Bonchev–Trinajstić information content (AvgIpc) is 2.84. The molecule has 2 aromatic carbocycles. The zero-order valence-corrected chi connectivity index (χ0v) is 14.3. The van der Waals surface area contributed by atoms with Gasteiger partial charge in [-0.05, 0) is 53.6 Å². The van der Waals surface area contributed by atoms with Gasteiger partial charge in [0.2, 0.25) is 0 Å². The summed E-state index contributed by atoms with van der Waals surface area (Å²) in [5.41, 5.74) is 1.30. The predicted molar refractivity (Wildman–Crippen MR) is 91.5 cm³/mol. The third-order valence-electron chi connectivity index (χ3n) is 3.13. The molecule has 3 aromatic rings. The van der Waals surface area contributed by atoms with Gasteiger partial charge in [-0.2, -0.15) is 0 Å². The Hall–Kier alpha value is -0.640. The lowest BCUT2D eigenvalue weighted by Crippen LogP contribution is -1.89. The van der Waals surface area contributed by atoms with Crippen molar-refractivity contribution in [2.45, 2.75) is 11.8 Å². The van der Waals surface area contributed by atoms with Gasteiger partial charge in [0.05, 0.1) is 4.83 Å². The largest absolute Gasteiger partial charge is 0.144 e. The number of thiophene rings is 1. The molecular formula is C16H12Br2S. The number of alkyl halides is 1. The lowest BCUT2D eigenvalue weighted by atomic mass is 10.0. The van der Waals surface area contributed by atoms with E-state index in [1.807, 2.05) is 11.3 Å². The van der Waals surface area contributed by atoms with Crippen LogP contribution in [0, 0.1) is 6.92 Å². The van der Waals surface area contributed by atoms with Gasteiger partial charge in [0.25, 0.3) is 0 Å². The number of rotatable bonds is 2. The van der Waals surface area contributed by atoms with Gasteiger partial charge in [0.1, 0.15) is 0 Å². The Morgan fingerprint density at radius 1 is 0.947 bits per heavy atom. The van der Waals surface area contributed by atoms with Crippen molar-refractivity contribution in [1.82, 2.24) is 0 Å². The van der Waals surface area contributed by atoms with Gasteiger partial charge in [0, 0.05) is 14.2 Å². The van der Waals surface area contributed by atoms with Crippen molar-refractivity contribution in [3.63, 3.8) is 0 Å². The van der Waals surface area contributed by atoms with Crippen LogP contribution in [0.15, 0.2) is 53.0 Å². The van der Waals surface area contributed by atoms with E-state index in [-0.39, 0.29) is 4.83 Å². The van der Waals surface area contributed by atoms with Crippen molar-refractivity contribution < 1.29 is 0 Å². The van der Waals surface area contributed by atoms with Gasteiger partial charge < -0.3 is 0 Å². The Kier molecular flexibility index (Phi) is 3.79. The van der Waals surface area contributed by atoms with Gasteiger partial charge in [-0.3, -0.25) is 0 Å². The summed E-state index contributed by atoms with van der Waals surface area (Å²) in [6.07, 6.45) is 0. The van der Waals surface area contributed by atoms with Crippen LogP contribution in [-0.2, 0) is 0 Å². The number of halogens is 2. The minimum Gasteiger partial charge on any atom is -0.144 e. The van der Waals surface area contributed by atoms with Crippen LogP contribution < -0.4 is 0 Å². The molecular weight excluding hydrogens is 384 g/mol. The lowest BCUT2D eigenvalue weighted by molar-refractivity contribution is 1.23. The Morgan fingerprint density at radius 2 is 1.68 bits per heavy atom. The maximum absolute atomic E-state index is 3.81. The third-order valence-corrected chi connectivity index (χ3v) is 6.01. The van der Waals surface area contributed by atoms with Crippen LogP contribution >= 0.6 is 43.2 Å². The zero-order valence-electron chi connectivity index (χ0n) is 10.4. The summed E-state index contributed by atoms with van der Waals surface area (Å²) in [5, 5.41) is 2.54. The van der Waals surface area contributed by atoms with E-state index in [9.17, 15) is 0 Å². The number of hydrogen-bond donors (Lipinski definition) is 0. The third kappa shape index (κ3) is 2.78. The Labute approximate surface area is 133 Å². The predicted octanol–water partition coefficient (Wildman–Crippen LogP) is 6.46. The van der Waals surface area contributed by atoms with Crippen molar-refractivity contribution in [1.29, 1.82) is 0 Å². The first kappa shape index (κ1) is 13.3. The van der Waals surface area contributed by atoms with Crippen molar-refractivity contribution >= 4 is 54.0 Å². The van der Waals surface area contributed by atoms with E-state index in [0.717, 1.165) is 4.47 Å². The minimum absolute atomic E-state index is 0.277. The molecule has 0 aliphatic heterocycles. The second-order valence-corrected chi connectivity index (χ2v) is 7.71. The molecule has 0 bridgehead atoms. The monoisotopic (exact) mass is 394 g/mol. The number of fused-ring (bicyclic) bond motifs is 1. The van der Waals surface area contributed by atoms with E-state index in [2.05, 4.69) is 87.3 Å². The topological polar surface area (TPSA) is 0 Å². The molecule has 19 heavy (non-hydrogen) atoms. The molecule has 3 heteroatoms. The maximum Gasteiger partial charge on any atom is 0.0738 e. The van der Waals surface area contributed by atoms with Crippen LogP contribution in [0.4, 0.5) is 0 Å². The maximum atomic E-state index is 3.81. The van der Waals surface area contributed by atoms with Crippen LogP contribution in [0.5, 0.6) is 0 Å². The molecule has 0 radical (unpaired) electrons.